The molecule has 0 aromatic heterocycles. The van der Waals surface area contributed by atoms with Crippen molar-refractivity contribution in [1.29, 1.82) is 0 Å². The van der Waals surface area contributed by atoms with Crippen LogP contribution in [0, 0.1) is 0 Å². The molecule has 0 fully saturated rings. The van der Waals surface area contributed by atoms with Gasteiger partial charge in [0.25, 0.3) is 23.6 Å². The van der Waals surface area contributed by atoms with Crippen molar-refractivity contribution in [3.8, 4) is 23.0 Å². The molecular weight excluding hydrogens is 985 g/mol. The predicted molar refractivity (Wildman–Crippen MR) is 305 cm³/mol. The molecular formula is C62H54N8O8. The van der Waals surface area contributed by atoms with E-state index in [0.29, 0.717) is 104 Å². The molecule has 0 unspecified atom stereocenters. The van der Waals surface area contributed by atoms with E-state index in [4.69, 9.17) is 9.47 Å². The van der Waals surface area contributed by atoms with E-state index in [-0.39, 0.29) is 33.6 Å². The quantitative estimate of drug-likeness (QED) is 0.0452. The second-order valence-electron chi connectivity index (χ2n) is 17.7. The number of amides is 4. The number of phenolic OH excluding ortho intramolecular Hbond substituents is 2. The van der Waals surface area contributed by atoms with Gasteiger partial charge in [-0.15, -0.1) is 10.2 Å². The molecule has 0 radical (unpaired) electrons. The fourth-order valence-corrected chi connectivity index (χ4v) is 8.80. The molecule has 0 atom stereocenters. The summed E-state index contributed by atoms with van der Waals surface area (Å²) in [4.78, 5) is 55.5. The number of para-hydroxylation sites is 2. The van der Waals surface area contributed by atoms with Crippen LogP contribution in [0.25, 0.3) is 21.5 Å². The number of nitrogens with zero attached hydrogens (tertiary/aromatic N) is 4. The van der Waals surface area contributed by atoms with Gasteiger partial charge in [-0.3, -0.25) is 19.2 Å². The zero-order valence-electron chi connectivity index (χ0n) is 43.1. The number of azo groups is 2. The molecule has 0 spiro atoms. The lowest BCUT2D eigenvalue weighted by molar-refractivity contribution is 0.101. The molecule has 0 aliphatic carbocycles. The molecule has 6 N–H and O–H groups in total. The van der Waals surface area contributed by atoms with E-state index < -0.39 is 35.1 Å². The van der Waals surface area contributed by atoms with Crippen molar-refractivity contribution in [2.45, 2.75) is 40.5 Å². The number of fused-ring (bicyclic) bond motifs is 2. The number of carbonyl (C=O) groups is 4. The smallest absolute Gasteiger partial charge is 0.259 e. The molecule has 0 aliphatic heterocycles. The number of benzene rings is 9. The normalized spacial score (nSPS) is 11.2. The SMILES string of the molecule is CCOc1ccc(N=Nc2c(O)c(C(=O)Nc3cc(CC)c(NC(=O)c4cc5ccccc5c(N=Nc5ccc(OCC)c(C(=O)Nc6ccccc6)c5)c4O)cc3CC)cc3ccccc23)cc1C(=O)Nc1ccccc1. The van der Waals surface area contributed by atoms with Crippen LogP contribution < -0.4 is 30.7 Å². The molecule has 16 nitrogen and oxygen atoms in total. The summed E-state index contributed by atoms with van der Waals surface area (Å²) in [6, 6.07) is 48.6. The maximum absolute atomic E-state index is 14.3. The summed E-state index contributed by atoms with van der Waals surface area (Å²) in [5, 5.41) is 55.4. The van der Waals surface area contributed by atoms with Gasteiger partial charge in [0.2, 0.25) is 0 Å². The third-order valence-corrected chi connectivity index (χ3v) is 12.7. The molecule has 0 bridgehead atoms. The summed E-state index contributed by atoms with van der Waals surface area (Å²) in [5.41, 5.74) is 4.45. The molecule has 16 heteroatoms. The van der Waals surface area contributed by atoms with Crippen molar-refractivity contribution in [3.05, 3.63) is 203 Å². The number of carbonyl (C=O) groups excluding carboxylic acids is 4. The topological polar surface area (TPSA) is 225 Å². The van der Waals surface area contributed by atoms with Crippen molar-refractivity contribution in [1.82, 2.24) is 0 Å². The van der Waals surface area contributed by atoms with Gasteiger partial charge in [0.15, 0.2) is 11.5 Å². The summed E-state index contributed by atoms with van der Waals surface area (Å²) in [6.45, 7) is 8.09. The van der Waals surface area contributed by atoms with Crippen molar-refractivity contribution in [3.63, 3.8) is 0 Å². The highest BCUT2D eigenvalue weighted by atomic mass is 16.5. The van der Waals surface area contributed by atoms with E-state index in [9.17, 15) is 29.4 Å². The molecule has 4 amide bonds. The third-order valence-electron chi connectivity index (χ3n) is 12.7. The predicted octanol–water partition coefficient (Wildman–Crippen LogP) is 15.2. The number of aromatic hydroxyl groups is 2. The number of hydrogen-bond acceptors (Lipinski definition) is 12. The first-order valence-electron chi connectivity index (χ1n) is 25.3. The van der Waals surface area contributed by atoms with E-state index >= 15 is 0 Å². The Morgan fingerprint density at radius 2 is 0.782 bits per heavy atom. The Bertz CT molecular complexity index is 3560. The van der Waals surface area contributed by atoms with E-state index in [1.54, 1.807) is 133 Å². The largest absolute Gasteiger partial charge is 0.505 e. The summed E-state index contributed by atoms with van der Waals surface area (Å²) in [5.74, 6) is -2.18. The number of phenols is 2. The van der Waals surface area contributed by atoms with Crippen molar-refractivity contribution < 1.29 is 38.9 Å². The Morgan fingerprint density at radius 1 is 0.410 bits per heavy atom. The lowest BCUT2D eigenvalue weighted by Crippen LogP contribution is -2.16. The van der Waals surface area contributed by atoms with Gasteiger partial charge >= 0.3 is 0 Å². The Kier molecular flexibility index (Phi) is 16.2. The number of aryl methyl sites for hydroxylation is 2. The highest BCUT2D eigenvalue weighted by molar-refractivity contribution is 6.14. The minimum atomic E-state index is -0.621. The highest BCUT2D eigenvalue weighted by Gasteiger charge is 2.24. The van der Waals surface area contributed by atoms with Crippen molar-refractivity contribution >= 4 is 90.7 Å². The van der Waals surface area contributed by atoms with Crippen LogP contribution in [0.15, 0.2) is 190 Å². The summed E-state index contributed by atoms with van der Waals surface area (Å²) >= 11 is 0. The number of ether oxygens (including phenoxy) is 2. The number of anilines is 4. The molecule has 9 aromatic carbocycles. The lowest BCUT2D eigenvalue weighted by Gasteiger charge is -2.18. The fraction of sp³-hybridized carbons (Fsp3) is 0.129. The Hall–Kier alpha value is -10.2. The van der Waals surface area contributed by atoms with Crippen LogP contribution in [0.2, 0.25) is 0 Å². The van der Waals surface area contributed by atoms with Crippen LogP contribution in [-0.2, 0) is 12.8 Å². The van der Waals surface area contributed by atoms with Gasteiger partial charge in [-0.2, -0.15) is 10.2 Å². The van der Waals surface area contributed by atoms with E-state index in [0.717, 1.165) is 0 Å². The van der Waals surface area contributed by atoms with Crippen LogP contribution >= 0.6 is 0 Å². The molecule has 390 valence electrons. The van der Waals surface area contributed by atoms with E-state index in [1.165, 1.54) is 0 Å². The average molecular weight is 1040 g/mol. The van der Waals surface area contributed by atoms with Gasteiger partial charge in [0.1, 0.15) is 22.9 Å². The second-order valence-corrected chi connectivity index (χ2v) is 17.7. The summed E-state index contributed by atoms with van der Waals surface area (Å²) in [7, 11) is 0. The molecule has 0 aliphatic rings. The van der Waals surface area contributed by atoms with E-state index in [2.05, 4.69) is 41.7 Å². The zero-order chi connectivity index (χ0) is 54.7. The maximum atomic E-state index is 14.3. The van der Waals surface area contributed by atoms with Crippen molar-refractivity contribution in [2.75, 3.05) is 34.5 Å². The minimum Gasteiger partial charge on any atom is -0.505 e. The van der Waals surface area contributed by atoms with Gasteiger partial charge in [0, 0.05) is 33.5 Å². The highest BCUT2D eigenvalue weighted by Crippen LogP contribution is 2.42. The number of hydrogen-bond donors (Lipinski definition) is 6. The Balaban J connectivity index is 0.979. The second kappa shape index (κ2) is 24.0. The summed E-state index contributed by atoms with van der Waals surface area (Å²) in [6.07, 6.45) is 0.873. The van der Waals surface area contributed by atoms with Gasteiger partial charge in [0.05, 0.1) is 46.8 Å². The average Bonchev–Trinajstić information content (AvgIpc) is 3.46. The molecule has 0 heterocycles. The van der Waals surface area contributed by atoms with Crippen LogP contribution in [0.1, 0.15) is 80.3 Å². The van der Waals surface area contributed by atoms with Gasteiger partial charge in [-0.25, -0.2) is 0 Å². The van der Waals surface area contributed by atoms with Gasteiger partial charge < -0.3 is 41.0 Å². The van der Waals surface area contributed by atoms with Gasteiger partial charge in [-0.05, 0) is 134 Å². The lowest BCUT2D eigenvalue weighted by atomic mass is 10.00. The third kappa shape index (κ3) is 11.7. The molecule has 0 saturated heterocycles. The molecule has 9 rings (SSSR count). The first kappa shape index (κ1) is 52.6. The van der Waals surface area contributed by atoms with Crippen LogP contribution in [0.3, 0.4) is 0 Å². The first-order valence-corrected chi connectivity index (χ1v) is 25.3. The Morgan fingerprint density at radius 3 is 1.17 bits per heavy atom. The van der Waals surface area contributed by atoms with Crippen LogP contribution in [-0.4, -0.2) is 47.1 Å². The standard InChI is InChI=1S/C62H54N8O8/c1-5-37-33-52(66-62(76)50-32-40-20-16-18-26-46(40)56(58(50)72)70-68-44-28-30-54(78-8-4)48(36-44)60(74)64-42-23-13-10-14-24-42)38(6-2)34-51(37)65-61(75)49-31-39-19-15-17-25-45(39)55(57(49)71)69-67-43-27-29-53(77-7-3)47(35-43)59(73)63-41-21-11-9-12-22-41/h9-36,71-72H,5-8H2,1-4H3,(H,63,73)(H,64,74)(H,65,75)(H,66,76). The number of nitrogens with one attached hydrogen (secondary N) is 4. The summed E-state index contributed by atoms with van der Waals surface area (Å²) < 4.78 is 11.5. The van der Waals surface area contributed by atoms with Gasteiger partial charge in [-0.1, -0.05) is 98.8 Å². The zero-order valence-corrected chi connectivity index (χ0v) is 43.1. The fourth-order valence-electron chi connectivity index (χ4n) is 8.80. The molecule has 9 aromatic rings. The number of rotatable bonds is 18. The van der Waals surface area contributed by atoms with Crippen LogP contribution in [0.4, 0.5) is 45.5 Å². The van der Waals surface area contributed by atoms with Crippen molar-refractivity contribution in [2.24, 2.45) is 20.5 Å². The monoisotopic (exact) mass is 1040 g/mol. The first-order chi connectivity index (χ1) is 38.0. The molecule has 0 saturated carbocycles. The maximum Gasteiger partial charge on any atom is 0.259 e. The van der Waals surface area contributed by atoms with E-state index in [1.807, 2.05) is 64.1 Å². The van der Waals surface area contributed by atoms with Crippen LogP contribution in [0.5, 0.6) is 23.0 Å². The molecule has 78 heavy (non-hydrogen) atoms. The Labute approximate surface area is 449 Å². The minimum absolute atomic E-state index is 0.0425.